The Bertz CT molecular complexity index is 801. The minimum Gasteiger partial charge on any atom is -0.497 e. The lowest BCUT2D eigenvalue weighted by atomic mass is 10.0. The molecule has 0 aliphatic rings. The number of aliphatic carboxylic acids is 1. The van der Waals surface area contributed by atoms with Gasteiger partial charge >= 0.3 is 5.97 Å². The Balaban J connectivity index is 2.27. The highest BCUT2D eigenvalue weighted by molar-refractivity contribution is 6.06. The Kier molecular flexibility index (Phi) is 6.22. The quantitative estimate of drug-likeness (QED) is 0.784. The predicted molar refractivity (Wildman–Crippen MR) is 99.2 cm³/mol. The molecule has 138 valence electrons. The van der Waals surface area contributed by atoms with Gasteiger partial charge in [-0.15, -0.1) is 0 Å². The van der Waals surface area contributed by atoms with E-state index in [0.717, 1.165) is 0 Å². The molecule has 26 heavy (non-hydrogen) atoms. The third-order valence-electron chi connectivity index (χ3n) is 3.81. The monoisotopic (exact) mass is 357 g/mol. The summed E-state index contributed by atoms with van der Waals surface area (Å²) in [6, 6.07) is 11.8. The third-order valence-corrected chi connectivity index (χ3v) is 3.81. The Labute approximate surface area is 152 Å². The lowest BCUT2D eigenvalue weighted by Gasteiger charge is -2.16. The van der Waals surface area contributed by atoms with Gasteiger partial charge in [-0.05, 0) is 50.6 Å². The summed E-state index contributed by atoms with van der Waals surface area (Å²) in [5.41, 5.74) is 1.51. The summed E-state index contributed by atoms with van der Waals surface area (Å²) in [6.07, 6.45) is -0.103. The Morgan fingerprint density at radius 2 is 1.81 bits per heavy atom. The first-order chi connectivity index (χ1) is 12.3. The van der Waals surface area contributed by atoms with Crippen LogP contribution in [0.25, 0.3) is 0 Å². The number of methoxy groups -OCH3 is 1. The van der Waals surface area contributed by atoms with E-state index in [2.05, 4.69) is 5.32 Å². The molecule has 0 heterocycles. The van der Waals surface area contributed by atoms with Crippen molar-refractivity contribution in [1.82, 2.24) is 0 Å². The van der Waals surface area contributed by atoms with Gasteiger partial charge in [0.2, 0.25) is 0 Å². The zero-order valence-electron chi connectivity index (χ0n) is 15.3. The van der Waals surface area contributed by atoms with Crippen molar-refractivity contribution in [3.63, 3.8) is 0 Å². The number of ether oxygens (including phenoxy) is 2. The van der Waals surface area contributed by atoms with Gasteiger partial charge in [-0.25, -0.2) is 0 Å². The van der Waals surface area contributed by atoms with Gasteiger partial charge < -0.3 is 19.9 Å². The first-order valence-corrected chi connectivity index (χ1v) is 8.30. The Hall–Kier alpha value is -3.02. The van der Waals surface area contributed by atoms with Crippen molar-refractivity contribution in [2.24, 2.45) is 0 Å². The number of rotatable bonds is 7. The molecule has 0 aliphatic heterocycles. The molecule has 1 atom stereocenters. The normalized spacial score (nSPS) is 11.7. The van der Waals surface area contributed by atoms with Crippen molar-refractivity contribution in [2.45, 2.75) is 32.8 Å². The molecule has 0 saturated heterocycles. The zero-order valence-corrected chi connectivity index (χ0v) is 15.3. The van der Waals surface area contributed by atoms with Gasteiger partial charge in [-0.3, -0.25) is 9.59 Å². The summed E-state index contributed by atoms with van der Waals surface area (Å²) in [5.74, 6) is -0.909. The molecule has 6 nitrogen and oxygen atoms in total. The van der Waals surface area contributed by atoms with E-state index in [1.54, 1.807) is 56.5 Å². The second-order valence-electron chi connectivity index (χ2n) is 6.17. The van der Waals surface area contributed by atoms with Gasteiger partial charge in [0, 0.05) is 11.8 Å². The summed E-state index contributed by atoms with van der Waals surface area (Å²) in [4.78, 5) is 23.8. The number of carbonyl (C=O) groups is 2. The first kappa shape index (κ1) is 19.3. The van der Waals surface area contributed by atoms with E-state index in [4.69, 9.17) is 14.6 Å². The number of hydrogen-bond acceptors (Lipinski definition) is 4. The van der Waals surface area contributed by atoms with Gasteiger partial charge in [0.15, 0.2) is 0 Å². The lowest BCUT2D eigenvalue weighted by molar-refractivity contribution is -0.138. The van der Waals surface area contributed by atoms with Crippen molar-refractivity contribution in [2.75, 3.05) is 12.4 Å². The molecule has 2 rings (SSSR count). The van der Waals surface area contributed by atoms with Crippen LogP contribution in [0.15, 0.2) is 42.5 Å². The summed E-state index contributed by atoms with van der Waals surface area (Å²) >= 11 is 0. The van der Waals surface area contributed by atoms with Crippen LogP contribution in [0.5, 0.6) is 11.5 Å². The second kappa shape index (κ2) is 8.38. The highest BCUT2D eigenvalue weighted by Crippen LogP contribution is 2.27. The summed E-state index contributed by atoms with van der Waals surface area (Å²) in [5, 5.41) is 11.9. The number of hydrogen-bond donors (Lipinski definition) is 2. The highest BCUT2D eigenvalue weighted by atomic mass is 16.5. The standard InChI is InChI=1S/C20H23NO5/c1-12(2)26-18-11-16(25-4)8-9-17(18)19(22)21-15-7-5-6-14(10-15)13(3)20(23)24/h5-13H,1-4H3,(H,21,22)(H,23,24). The molecule has 2 aromatic carbocycles. The van der Waals surface area contributed by atoms with Crippen LogP contribution in [0.4, 0.5) is 5.69 Å². The minimum atomic E-state index is -0.920. The van der Waals surface area contributed by atoms with Gasteiger partial charge in [-0.2, -0.15) is 0 Å². The lowest BCUT2D eigenvalue weighted by Crippen LogP contribution is -2.16. The summed E-state index contributed by atoms with van der Waals surface area (Å²) in [6.45, 7) is 5.34. The molecule has 0 fully saturated rings. The number of carboxylic acids is 1. The van der Waals surface area contributed by atoms with Crippen LogP contribution in [-0.2, 0) is 4.79 Å². The van der Waals surface area contributed by atoms with Crippen molar-refractivity contribution in [3.05, 3.63) is 53.6 Å². The first-order valence-electron chi connectivity index (χ1n) is 8.30. The molecule has 2 aromatic rings. The van der Waals surface area contributed by atoms with E-state index < -0.39 is 11.9 Å². The fourth-order valence-corrected chi connectivity index (χ4v) is 2.40. The molecule has 6 heteroatoms. The molecule has 1 unspecified atom stereocenters. The molecular weight excluding hydrogens is 334 g/mol. The van der Waals surface area contributed by atoms with Gasteiger partial charge in [-0.1, -0.05) is 12.1 Å². The number of carbonyl (C=O) groups excluding carboxylic acids is 1. The molecule has 0 radical (unpaired) electrons. The van der Waals surface area contributed by atoms with Crippen LogP contribution in [0.2, 0.25) is 0 Å². The summed E-state index contributed by atoms with van der Waals surface area (Å²) in [7, 11) is 1.54. The van der Waals surface area contributed by atoms with Gasteiger partial charge in [0.05, 0.1) is 24.7 Å². The maximum atomic E-state index is 12.7. The topological polar surface area (TPSA) is 84.9 Å². The smallest absolute Gasteiger partial charge is 0.310 e. The van der Waals surface area contributed by atoms with Crippen molar-refractivity contribution in [3.8, 4) is 11.5 Å². The van der Waals surface area contributed by atoms with E-state index in [1.165, 1.54) is 0 Å². The van der Waals surface area contributed by atoms with E-state index in [-0.39, 0.29) is 12.0 Å². The average molecular weight is 357 g/mol. The zero-order chi connectivity index (χ0) is 19.3. The number of carboxylic acid groups (broad SMARTS) is 1. The maximum Gasteiger partial charge on any atom is 0.310 e. The SMILES string of the molecule is COc1ccc(C(=O)Nc2cccc(C(C)C(=O)O)c2)c(OC(C)C)c1. The molecule has 0 bridgehead atoms. The summed E-state index contributed by atoms with van der Waals surface area (Å²) < 4.78 is 10.9. The van der Waals surface area contributed by atoms with Crippen LogP contribution in [-0.4, -0.2) is 30.2 Å². The van der Waals surface area contributed by atoms with Crippen molar-refractivity contribution < 1.29 is 24.2 Å². The van der Waals surface area contributed by atoms with Crippen LogP contribution < -0.4 is 14.8 Å². The minimum absolute atomic E-state index is 0.103. The fraction of sp³-hybridized carbons (Fsp3) is 0.300. The third kappa shape index (κ3) is 4.75. The van der Waals surface area contributed by atoms with Gasteiger partial charge in [0.1, 0.15) is 11.5 Å². The van der Waals surface area contributed by atoms with E-state index >= 15 is 0 Å². The van der Waals surface area contributed by atoms with Crippen LogP contribution >= 0.6 is 0 Å². The predicted octanol–water partition coefficient (Wildman–Crippen LogP) is 3.92. The van der Waals surface area contributed by atoms with Crippen LogP contribution in [0.3, 0.4) is 0 Å². The van der Waals surface area contributed by atoms with Crippen molar-refractivity contribution >= 4 is 17.6 Å². The number of amides is 1. The van der Waals surface area contributed by atoms with E-state index in [1.807, 2.05) is 13.8 Å². The average Bonchev–Trinajstić information content (AvgIpc) is 2.60. The van der Waals surface area contributed by atoms with Crippen LogP contribution in [0, 0.1) is 0 Å². The molecule has 0 saturated carbocycles. The maximum absolute atomic E-state index is 12.7. The van der Waals surface area contributed by atoms with Gasteiger partial charge in [0.25, 0.3) is 5.91 Å². The molecule has 2 N–H and O–H groups in total. The Morgan fingerprint density at radius 3 is 2.42 bits per heavy atom. The number of nitrogens with one attached hydrogen (secondary N) is 1. The Morgan fingerprint density at radius 1 is 1.08 bits per heavy atom. The van der Waals surface area contributed by atoms with Crippen molar-refractivity contribution in [1.29, 1.82) is 0 Å². The molecule has 0 aliphatic carbocycles. The second-order valence-corrected chi connectivity index (χ2v) is 6.17. The number of anilines is 1. The fourth-order valence-electron chi connectivity index (χ4n) is 2.40. The van der Waals surface area contributed by atoms with Crippen LogP contribution in [0.1, 0.15) is 42.6 Å². The van der Waals surface area contributed by atoms with E-state index in [9.17, 15) is 9.59 Å². The molecule has 0 aromatic heterocycles. The number of benzene rings is 2. The molecular formula is C20H23NO5. The molecule has 1 amide bonds. The highest BCUT2D eigenvalue weighted by Gasteiger charge is 2.17. The van der Waals surface area contributed by atoms with E-state index in [0.29, 0.717) is 28.3 Å². The largest absolute Gasteiger partial charge is 0.497 e. The molecule has 0 spiro atoms.